The normalized spacial score (nSPS) is 23.2. The van der Waals surface area contributed by atoms with Crippen molar-refractivity contribution in [3.8, 4) is 0 Å². The van der Waals surface area contributed by atoms with Crippen LogP contribution in [0.3, 0.4) is 0 Å². The molecule has 0 radical (unpaired) electrons. The van der Waals surface area contributed by atoms with E-state index >= 15 is 8.78 Å². The Balaban J connectivity index is 2.13. The van der Waals surface area contributed by atoms with Gasteiger partial charge in [-0.05, 0) is 38.1 Å². The van der Waals surface area contributed by atoms with Crippen molar-refractivity contribution >= 4 is 18.3 Å². The van der Waals surface area contributed by atoms with Crippen LogP contribution in [0.4, 0.5) is 8.78 Å². The fourth-order valence-electron chi connectivity index (χ4n) is 3.14. The predicted octanol–water partition coefficient (Wildman–Crippen LogP) is 4.95. The number of rotatable bonds is 12. The maximum absolute atomic E-state index is 15.5. The van der Waals surface area contributed by atoms with Crippen molar-refractivity contribution in [2.24, 2.45) is 5.92 Å². The molecule has 0 aromatic heterocycles. The second-order valence-electron chi connectivity index (χ2n) is 6.32. The van der Waals surface area contributed by atoms with E-state index in [2.05, 4.69) is 0 Å². The van der Waals surface area contributed by atoms with Crippen LogP contribution in [-0.4, -0.2) is 44.5 Å². The van der Waals surface area contributed by atoms with E-state index in [0.29, 0.717) is 13.2 Å². The van der Waals surface area contributed by atoms with Gasteiger partial charge >= 0.3 is 5.66 Å². The molecule has 1 fully saturated rings. The molecular weight excluding hydrogens is 409 g/mol. The van der Waals surface area contributed by atoms with Crippen molar-refractivity contribution < 1.29 is 32.0 Å². The molecule has 1 saturated heterocycles. The molecule has 1 aromatic carbocycles. The summed E-state index contributed by atoms with van der Waals surface area (Å²) in [7, 11) is 0. The van der Waals surface area contributed by atoms with Crippen LogP contribution in [0.1, 0.15) is 32.8 Å². The van der Waals surface area contributed by atoms with Crippen LogP contribution in [0.25, 0.3) is 0 Å². The van der Waals surface area contributed by atoms with E-state index in [1.165, 1.54) is 0 Å². The lowest BCUT2D eigenvalue weighted by Crippen LogP contribution is -2.37. The summed E-state index contributed by atoms with van der Waals surface area (Å²) in [6, 6.07) is 9.52. The summed E-state index contributed by atoms with van der Waals surface area (Å²) < 4.78 is 58.3. The summed E-state index contributed by atoms with van der Waals surface area (Å²) in [5.74, 6) is -1.20. The minimum absolute atomic E-state index is 0.00626. The topological polar surface area (TPSA) is 46.2 Å². The maximum atomic E-state index is 15.5. The predicted molar refractivity (Wildman–Crippen MR) is 107 cm³/mol. The standard InChI is InChI=1S/C19H29F2O5PS/c1-4-23-18-12-16(19(20,21)27(28,24-5-2)25-6-3)17(26-18)14-22-13-15-10-8-7-9-11-15/h7-11,16-18H,4-6,12-14H2,1-3H3/t16-,17+,18?/m0/s1. The number of benzene rings is 1. The molecule has 1 unspecified atom stereocenters. The summed E-state index contributed by atoms with van der Waals surface area (Å²) in [4.78, 5) is 0. The van der Waals surface area contributed by atoms with Crippen molar-refractivity contribution in [1.82, 2.24) is 0 Å². The van der Waals surface area contributed by atoms with Crippen LogP contribution in [0.5, 0.6) is 0 Å². The van der Waals surface area contributed by atoms with Crippen LogP contribution < -0.4 is 0 Å². The highest BCUT2D eigenvalue weighted by Crippen LogP contribution is 2.67. The second kappa shape index (κ2) is 11.1. The van der Waals surface area contributed by atoms with Crippen LogP contribution in [0.2, 0.25) is 0 Å². The third-order valence-corrected chi connectivity index (χ3v) is 8.00. The lowest BCUT2D eigenvalue weighted by molar-refractivity contribution is -0.148. The molecule has 0 aliphatic carbocycles. The van der Waals surface area contributed by atoms with Gasteiger partial charge in [-0.3, -0.25) is 0 Å². The molecule has 160 valence electrons. The van der Waals surface area contributed by atoms with Crippen LogP contribution in [0, 0.1) is 5.92 Å². The summed E-state index contributed by atoms with van der Waals surface area (Å²) in [6.07, 6.45) is -1.57. The fraction of sp³-hybridized carbons (Fsp3) is 0.684. The number of hydrogen-bond donors (Lipinski definition) is 0. The molecule has 0 amide bonds. The van der Waals surface area contributed by atoms with Gasteiger partial charge in [0, 0.05) is 13.0 Å². The van der Waals surface area contributed by atoms with Gasteiger partial charge in [-0.15, -0.1) is 0 Å². The highest BCUT2D eigenvalue weighted by atomic mass is 32.5. The molecule has 5 nitrogen and oxygen atoms in total. The van der Waals surface area contributed by atoms with Crippen molar-refractivity contribution in [2.75, 3.05) is 26.4 Å². The fourth-order valence-corrected chi connectivity index (χ4v) is 5.95. The van der Waals surface area contributed by atoms with Crippen molar-refractivity contribution in [3.63, 3.8) is 0 Å². The molecule has 0 bridgehead atoms. The molecule has 3 atom stereocenters. The first-order chi connectivity index (χ1) is 13.4. The first-order valence-corrected chi connectivity index (χ1v) is 12.2. The molecule has 1 aliphatic heterocycles. The Morgan fingerprint density at radius 3 is 2.32 bits per heavy atom. The van der Waals surface area contributed by atoms with Crippen molar-refractivity contribution in [3.05, 3.63) is 35.9 Å². The van der Waals surface area contributed by atoms with Crippen LogP contribution in [-0.2, 0) is 41.7 Å². The highest BCUT2D eigenvalue weighted by molar-refractivity contribution is 8.10. The number of alkyl halides is 2. The van der Waals surface area contributed by atoms with E-state index in [0.717, 1.165) is 5.56 Å². The first kappa shape index (κ1) is 23.8. The van der Waals surface area contributed by atoms with Crippen LogP contribution in [0.15, 0.2) is 30.3 Å². The Kier molecular flexibility index (Phi) is 9.41. The van der Waals surface area contributed by atoms with Gasteiger partial charge in [-0.2, -0.15) is 8.78 Å². The Hall–Kier alpha value is -0.470. The first-order valence-electron chi connectivity index (χ1n) is 9.53. The van der Waals surface area contributed by atoms with E-state index in [1.54, 1.807) is 20.8 Å². The molecule has 0 N–H and O–H groups in total. The minimum Gasteiger partial charge on any atom is -0.374 e. The number of halogens is 2. The smallest absolute Gasteiger partial charge is 0.326 e. The summed E-state index contributed by atoms with van der Waals surface area (Å²) in [6.45, 7) is 2.02. The van der Waals surface area contributed by atoms with Gasteiger partial charge in [0.25, 0.3) is 6.49 Å². The van der Waals surface area contributed by atoms with E-state index in [9.17, 15) is 0 Å². The summed E-state index contributed by atoms with van der Waals surface area (Å²) in [5, 5.41) is 0. The average Bonchev–Trinajstić information content (AvgIpc) is 3.07. The van der Waals surface area contributed by atoms with E-state index in [1.807, 2.05) is 30.3 Å². The Labute approximate surface area is 170 Å². The summed E-state index contributed by atoms with van der Waals surface area (Å²) in [5.41, 5.74) is -2.40. The molecule has 2 rings (SSSR count). The third-order valence-electron chi connectivity index (χ3n) is 4.38. The lowest BCUT2D eigenvalue weighted by Gasteiger charge is -2.34. The zero-order chi connectivity index (χ0) is 20.6. The van der Waals surface area contributed by atoms with Gasteiger partial charge in [0.1, 0.15) is 0 Å². The second-order valence-corrected chi connectivity index (χ2v) is 9.87. The summed E-state index contributed by atoms with van der Waals surface area (Å²) >= 11 is 5.20. The molecule has 9 heteroatoms. The number of ether oxygens (including phenoxy) is 3. The zero-order valence-corrected chi connectivity index (χ0v) is 18.2. The molecule has 1 heterocycles. The van der Waals surface area contributed by atoms with Gasteiger partial charge < -0.3 is 23.3 Å². The molecular formula is C19H29F2O5PS. The van der Waals surface area contributed by atoms with E-state index in [4.69, 9.17) is 35.1 Å². The lowest BCUT2D eigenvalue weighted by atomic mass is 10.0. The van der Waals surface area contributed by atoms with Crippen LogP contribution >= 0.6 is 6.49 Å². The molecule has 0 saturated carbocycles. The Morgan fingerprint density at radius 2 is 1.75 bits per heavy atom. The molecule has 28 heavy (non-hydrogen) atoms. The molecule has 0 spiro atoms. The van der Waals surface area contributed by atoms with Gasteiger partial charge in [0.15, 0.2) is 6.29 Å². The maximum Gasteiger partial charge on any atom is 0.326 e. The van der Waals surface area contributed by atoms with Gasteiger partial charge in [-0.1, -0.05) is 30.3 Å². The van der Waals surface area contributed by atoms with E-state index in [-0.39, 0.29) is 26.2 Å². The van der Waals surface area contributed by atoms with Gasteiger partial charge in [0.05, 0.1) is 38.4 Å². The Bertz CT molecular complexity index is 624. The molecule has 1 aliphatic rings. The Morgan fingerprint density at radius 1 is 1.11 bits per heavy atom. The third kappa shape index (κ3) is 5.79. The van der Waals surface area contributed by atoms with Gasteiger partial charge in [-0.25, -0.2) is 0 Å². The van der Waals surface area contributed by atoms with E-state index < -0.39 is 30.5 Å². The monoisotopic (exact) mass is 438 g/mol. The highest BCUT2D eigenvalue weighted by Gasteiger charge is 2.60. The zero-order valence-electron chi connectivity index (χ0n) is 16.5. The van der Waals surface area contributed by atoms with Crippen molar-refractivity contribution in [2.45, 2.75) is 51.9 Å². The van der Waals surface area contributed by atoms with Crippen molar-refractivity contribution in [1.29, 1.82) is 0 Å². The SMILES string of the molecule is CCOC1C[C@H](C(F)(F)P(=S)(OCC)OCC)[C@@H](COCc2ccccc2)O1. The quantitative estimate of drug-likeness (QED) is 0.431. The average molecular weight is 438 g/mol. The van der Waals surface area contributed by atoms with Gasteiger partial charge in [0.2, 0.25) is 0 Å². The largest absolute Gasteiger partial charge is 0.374 e. The molecule has 1 aromatic rings. The number of hydrogen-bond acceptors (Lipinski definition) is 6. The minimum atomic E-state index is -3.84.